The van der Waals surface area contributed by atoms with Crippen LogP contribution in [-0.4, -0.2) is 23.3 Å². The second-order valence-corrected chi connectivity index (χ2v) is 7.66. The highest BCUT2D eigenvalue weighted by Gasteiger charge is 2.11. The molecule has 0 aliphatic heterocycles. The minimum Gasteiger partial charge on any atom is -0.494 e. The fraction of sp³-hybridized carbons (Fsp3) is 0.269. The summed E-state index contributed by atoms with van der Waals surface area (Å²) in [6.07, 6.45) is 6.57. The number of ether oxygens (including phenoxy) is 1. The molecule has 1 amide bonds. The summed E-state index contributed by atoms with van der Waals surface area (Å²) in [4.78, 5) is 25.2. The van der Waals surface area contributed by atoms with Gasteiger partial charge in [-0.2, -0.15) is 5.10 Å². The number of benzene rings is 2. The van der Waals surface area contributed by atoms with Gasteiger partial charge in [0.1, 0.15) is 11.3 Å². The number of hydrogen-bond acceptors (Lipinski definition) is 4. The van der Waals surface area contributed by atoms with Crippen LogP contribution in [0.3, 0.4) is 0 Å². The Labute approximate surface area is 188 Å². The summed E-state index contributed by atoms with van der Waals surface area (Å²) in [5, 5.41) is 3.99. The van der Waals surface area contributed by atoms with Gasteiger partial charge in [-0.15, -0.1) is 0 Å². The van der Waals surface area contributed by atoms with E-state index in [-0.39, 0.29) is 11.1 Å². The first-order valence-electron chi connectivity index (χ1n) is 10.9. The Balaban J connectivity index is 1.58. The maximum Gasteiger partial charge on any atom is 0.276 e. The van der Waals surface area contributed by atoms with E-state index in [1.807, 2.05) is 55.5 Å². The predicted octanol–water partition coefficient (Wildman–Crippen LogP) is 4.54. The van der Waals surface area contributed by atoms with Crippen molar-refractivity contribution >= 4 is 12.1 Å². The summed E-state index contributed by atoms with van der Waals surface area (Å²) < 4.78 is 7.20. The second kappa shape index (κ2) is 11.6. The third kappa shape index (κ3) is 6.67. The molecule has 0 spiro atoms. The normalized spacial score (nSPS) is 10.9. The zero-order valence-electron chi connectivity index (χ0n) is 18.6. The first kappa shape index (κ1) is 23.0. The number of nitrogens with zero attached hydrogens (tertiary/aromatic N) is 2. The largest absolute Gasteiger partial charge is 0.494 e. The number of pyridine rings is 1. The van der Waals surface area contributed by atoms with Crippen LogP contribution in [-0.2, 0) is 6.54 Å². The lowest BCUT2D eigenvalue weighted by atomic mass is 10.1. The van der Waals surface area contributed by atoms with Gasteiger partial charge in [0.25, 0.3) is 11.5 Å². The number of amides is 1. The SMILES string of the molecule is CCCCCOc1ccc(/C=N\NC(=O)c2cccn(Cc3ccc(C)cc3)c2=O)cc1. The molecular formula is C26H29N3O3. The molecule has 0 fully saturated rings. The van der Waals surface area contributed by atoms with Gasteiger partial charge in [-0.05, 0) is 60.9 Å². The van der Waals surface area contributed by atoms with Crippen LogP contribution in [0.15, 0.2) is 76.8 Å². The lowest BCUT2D eigenvalue weighted by molar-refractivity contribution is 0.0953. The summed E-state index contributed by atoms with van der Waals surface area (Å²) in [7, 11) is 0. The molecule has 1 aromatic heterocycles. The lowest BCUT2D eigenvalue weighted by Crippen LogP contribution is -2.30. The highest BCUT2D eigenvalue weighted by atomic mass is 16.5. The number of rotatable bonds is 10. The number of hydrazone groups is 1. The van der Waals surface area contributed by atoms with E-state index < -0.39 is 5.91 Å². The van der Waals surface area contributed by atoms with Crippen LogP contribution in [0.4, 0.5) is 0 Å². The molecule has 1 heterocycles. The quantitative estimate of drug-likeness (QED) is 0.291. The summed E-state index contributed by atoms with van der Waals surface area (Å²) in [6.45, 7) is 5.27. The third-order valence-electron chi connectivity index (χ3n) is 5.01. The number of aromatic nitrogens is 1. The molecule has 6 heteroatoms. The van der Waals surface area contributed by atoms with Gasteiger partial charge >= 0.3 is 0 Å². The van der Waals surface area contributed by atoms with E-state index in [0.717, 1.165) is 41.7 Å². The average Bonchev–Trinajstić information content (AvgIpc) is 2.80. The molecule has 3 rings (SSSR count). The molecule has 1 N–H and O–H groups in total. The Bertz CT molecular complexity index is 1100. The topological polar surface area (TPSA) is 72.7 Å². The van der Waals surface area contributed by atoms with Gasteiger partial charge in [-0.1, -0.05) is 49.6 Å². The van der Waals surface area contributed by atoms with Crippen molar-refractivity contribution in [2.45, 2.75) is 39.7 Å². The van der Waals surface area contributed by atoms with Crippen LogP contribution in [0.2, 0.25) is 0 Å². The Morgan fingerprint density at radius 3 is 2.53 bits per heavy atom. The number of nitrogens with one attached hydrogen (secondary N) is 1. The molecule has 6 nitrogen and oxygen atoms in total. The minimum absolute atomic E-state index is 0.0487. The van der Waals surface area contributed by atoms with Crippen LogP contribution in [0.1, 0.15) is 53.2 Å². The molecule has 32 heavy (non-hydrogen) atoms. The number of carbonyl (C=O) groups is 1. The van der Waals surface area contributed by atoms with E-state index in [1.165, 1.54) is 16.8 Å². The van der Waals surface area contributed by atoms with E-state index in [1.54, 1.807) is 12.3 Å². The van der Waals surface area contributed by atoms with Crippen molar-refractivity contribution in [3.05, 3.63) is 99.5 Å². The van der Waals surface area contributed by atoms with Crippen molar-refractivity contribution in [1.82, 2.24) is 9.99 Å². The van der Waals surface area contributed by atoms with E-state index in [9.17, 15) is 9.59 Å². The average molecular weight is 432 g/mol. The van der Waals surface area contributed by atoms with Gasteiger partial charge in [0.15, 0.2) is 0 Å². The number of carbonyl (C=O) groups excluding carboxylic acids is 1. The molecule has 2 aromatic carbocycles. The van der Waals surface area contributed by atoms with Crippen molar-refractivity contribution in [1.29, 1.82) is 0 Å². The maximum absolute atomic E-state index is 12.7. The summed E-state index contributed by atoms with van der Waals surface area (Å²) in [6, 6.07) is 18.6. The Morgan fingerprint density at radius 1 is 1.06 bits per heavy atom. The summed E-state index contributed by atoms with van der Waals surface area (Å²) in [5.41, 5.74) is 5.09. The molecule has 0 radical (unpaired) electrons. The molecule has 0 unspecified atom stereocenters. The molecule has 0 aliphatic carbocycles. The maximum atomic E-state index is 12.7. The van der Waals surface area contributed by atoms with Crippen molar-refractivity contribution in [3.8, 4) is 5.75 Å². The lowest BCUT2D eigenvalue weighted by Gasteiger charge is -2.08. The standard InChI is InChI=1S/C26H29N3O3/c1-3-4-5-17-32-23-14-12-21(13-15-23)18-27-28-25(30)24-7-6-16-29(26(24)31)19-22-10-8-20(2)9-11-22/h6-16,18H,3-5,17,19H2,1-2H3,(H,28,30)/b27-18-. The molecule has 0 saturated heterocycles. The molecule has 0 bridgehead atoms. The molecule has 0 atom stereocenters. The zero-order valence-corrected chi connectivity index (χ0v) is 18.6. The molecule has 166 valence electrons. The summed E-state index contributed by atoms with van der Waals surface area (Å²) >= 11 is 0. The van der Waals surface area contributed by atoms with Crippen molar-refractivity contribution in [2.75, 3.05) is 6.61 Å². The molecule has 0 saturated carbocycles. The van der Waals surface area contributed by atoms with Gasteiger partial charge in [0.2, 0.25) is 0 Å². The van der Waals surface area contributed by atoms with Crippen LogP contribution in [0, 0.1) is 6.92 Å². The van der Waals surface area contributed by atoms with Crippen LogP contribution in [0.25, 0.3) is 0 Å². The number of hydrogen-bond donors (Lipinski definition) is 1. The van der Waals surface area contributed by atoms with Gasteiger partial charge in [0, 0.05) is 6.20 Å². The van der Waals surface area contributed by atoms with Crippen molar-refractivity contribution in [2.24, 2.45) is 5.10 Å². The van der Waals surface area contributed by atoms with E-state index >= 15 is 0 Å². The fourth-order valence-electron chi connectivity index (χ4n) is 3.14. The Hall–Kier alpha value is -3.67. The smallest absolute Gasteiger partial charge is 0.276 e. The number of unbranched alkanes of at least 4 members (excludes halogenated alkanes) is 2. The van der Waals surface area contributed by atoms with Crippen LogP contribution < -0.4 is 15.7 Å². The second-order valence-electron chi connectivity index (χ2n) is 7.66. The first-order valence-corrected chi connectivity index (χ1v) is 10.9. The van der Waals surface area contributed by atoms with Gasteiger partial charge in [0.05, 0.1) is 19.4 Å². The predicted molar refractivity (Wildman–Crippen MR) is 128 cm³/mol. The first-order chi connectivity index (χ1) is 15.6. The van der Waals surface area contributed by atoms with Crippen molar-refractivity contribution < 1.29 is 9.53 Å². The highest BCUT2D eigenvalue weighted by molar-refractivity contribution is 5.94. The van der Waals surface area contributed by atoms with E-state index in [4.69, 9.17) is 4.74 Å². The van der Waals surface area contributed by atoms with Crippen LogP contribution >= 0.6 is 0 Å². The zero-order chi connectivity index (χ0) is 22.8. The Morgan fingerprint density at radius 2 is 1.81 bits per heavy atom. The van der Waals surface area contributed by atoms with Gasteiger partial charge < -0.3 is 9.30 Å². The molecule has 0 aliphatic rings. The van der Waals surface area contributed by atoms with Gasteiger partial charge in [-0.3, -0.25) is 9.59 Å². The van der Waals surface area contributed by atoms with Crippen molar-refractivity contribution in [3.63, 3.8) is 0 Å². The monoisotopic (exact) mass is 431 g/mol. The van der Waals surface area contributed by atoms with E-state index in [2.05, 4.69) is 17.5 Å². The summed E-state index contributed by atoms with van der Waals surface area (Å²) in [5.74, 6) is 0.265. The highest BCUT2D eigenvalue weighted by Crippen LogP contribution is 2.12. The van der Waals surface area contributed by atoms with Gasteiger partial charge in [-0.25, -0.2) is 5.43 Å². The Kier molecular flexibility index (Phi) is 8.37. The number of aryl methyl sites for hydroxylation is 1. The fourth-order valence-corrected chi connectivity index (χ4v) is 3.14. The molecular weight excluding hydrogens is 402 g/mol. The van der Waals surface area contributed by atoms with Crippen LogP contribution in [0.5, 0.6) is 5.75 Å². The third-order valence-corrected chi connectivity index (χ3v) is 5.01. The molecule has 3 aromatic rings. The van der Waals surface area contributed by atoms with E-state index in [0.29, 0.717) is 13.2 Å². The minimum atomic E-state index is -0.541.